The maximum atomic E-state index is 13.5. The van der Waals surface area contributed by atoms with E-state index in [4.69, 9.17) is 4.74 Å². The summed E-state index contributed by atoms with van der Waals surface area (Å²) in [5.74, 6) is -0.0142. The zero-order chi connectivity index (χ0) is 21.3. The smallest absolute Gasteiger partial charge is 0.266 e. The maximum absolute atomic E-state index is 13.5. The van der Waals surface area contributed by atoms with Gasteiger partial charge in [0, 0.05) is 30.5 Å². The predicted octanol–water partition coefficient (Wildman–Crippen LogP) is 2.78. The van der Waals surface area contributed by atoms with Crippen molar-refractivity contribution in [2.24, 2.45) is 24.3 Å². The van der Waals surface area contributed by atoms with Crippen LogP contribution in [0.4, 0.5) is 10.2 Å². The number of carbonyl (C=O) groups is 1. The summed E-state index contributed by atoms with van der Waals surface area (Å²) < 4.78 is 20.6. The minimum Gasteiger partial charge on any atom is -0.476 e. The molecule has 0 aliphatic heterocycles. The number of aromatic nitrogens is 3. The molecule has 2 aliphatic rings. The number of nitrogens with zero attached hydrogens (tertiary/aromatic N) is 3. The highest BCUT2D eigenvalue weighted by Gasteiger charge is 2.62. The molecule has 2 aromatic heterocycles. The van der Waals surface area contributed by atoms with Gasteiger partial charge in [0.15, 0.2) is 0 Å². The highest BCUT2D eigenvalue weighted by Crippen LogP contribution is 2.60. The monoisotopic (exact) mass is 410 g/mol. The molecular formula is C22H23FN4O3. The molecule has 1 saturated carbocycles. The average Bonchev–Trinajstić information content (AvgIpc) is 3.48. The van der Waals surface area contributed by atoms with Crippen LogP contribution in [0.15, 0.2) is 53.5 Å². The molecule has 1 amide bonds. The molecule has 2 aliphatic carbocycles. The Labute approximate surface area is 173 Å². The van der Waals surface area contributed by atoms with Gasteiger partial charge in [0.25, 0.3) is 5.56 Å². The number of ether oxygens (including phenoxy) is 1. The van der Waals surface area contributed by atoms with Crippen molar-refractivity contribution < 1.29 is 13.9 Å². The second-order valence-electron chi connectivity index (χ2n) is 7.88. The molecule has 156 valence electrons. The van der Waals surface area contributed by atoms with Gasteiger partial charge < -0.3 is 10.1 Å². The molecule has 8 heteroatoms. The fraction of sp³-hybridized carbons (Fsp3) is 0.364. The number of amides is 1. The average molecular weight is 410 g/mol. The van der Waals surface area contributed by atoms with Crippen molar-refractivity contribution in [3.63, 3.8) is 0 Å². The Balaban J connectivity index is 1.50. The molecule has 0 bridgehead atoms. The Morgan fingerprint density at radius 2 is 2.23 bits per heavy atom. The van der Waals surface area contributed by atoms with E-state index in [1.165, 1.54) is 22.9 Å². The van der Waals surface area contributed by atoms with Gasteiger partial charge in [-0.15, -0.1) is 5.10 Å². The quantitative estimate of drug-likeness (QED) is 0.792. The number of hydrogen-bond donors (Lipinski definition) is 1. The lowest BCUT2D eigenvalue weighted by Crippen LogP contribution is -2.30. The first-order valence-corrected chi connectivity index (χ1v) is 9.82. The lowest BCUT2D eigenvalue weighted by atomic mass is 9.82. The third-order valence-electron chi connectivity index (χ3n) is 5.88. The van der Waals surface area contributed by atoms with Gasteiger partial charge in [0.05, 0.1) is 12.8 Å². The third kappa shape index (κ3) is 3.90. The number of allylic oxidation sites excluding steroid dienone is 4. The van der Waals surface area contributed by atoms with Crippen LogP contribution in [0.25, 0.3) is 0 Å². The van der Waals surface area contributed by atoms with Crippen molar-refractivity contribution in [2.45, 2.75) is 19.8 Å². The Hall–Kier alpha value is -3.29. The normalized spacial score (nSPS) is 24.5. The number of hydrogen-bond acceptors (Lipinski definition) is 5. The fourth-order valence-corrected chi connectivity index (χ4v) is 3.95. The topological polar surface area (TPSA) is 86.1 Å². The summed E-state index contributed by atoms with van der Waals surface area (Å²) >= 11 is 0. The lowest BCUT2D eigenvalue weighted by molar-refractivity contribution is -0.118. The van der Waals surface area contributed by atoms with E-state index in [2.05, 4.69) is 27.6 Å². The summed E-state index contributed by atoms with van der Waals surface area (Å²) in [7, 11) is 1.56. The molecule has 0 saturated heterocycles. The van der Waals surface area contributed by atoms with Gasteiger partial charge >= 0.3 is 0 Å². The van der Waals surface area contributed by atoms with Crippen LogP contribution in [0.2, 0.25) is 0 Å². The molecule has 3 atom stereocenters. The van der Waals surface area contributed by atoms with E-state index in [9.17, 15) is 14.0 Å². The minimum absolute atomic E-state index is 0.147. The number of rotatable bonds is 6. The van der Waals surface area contributed by atoms with Gasteiger partial charge in [0.1, 0.15) is 11.6 Å². The van der Waals surface area contributed by atoms with E-state index in [-0.39, 0.29) is 28.7 Å². The van der Waals surface area contributed by atoms with Gasteiger partial charge in [-0.05, 0) is 37.3 Å². The highest BCUT2D eigenvalue weighted by molar-refractivity contribution is 5.94. The first-order chi connectivity index (χ1) is 14.4. The van der Waals surface area contributed by atoms with Gasteiger partial charge in [-0.1, -0.05) is 24.3 Å². The number of aryl methyl sites for hydroxylation is 2. The van der Waals surface area contributed by atoms with Crippen LogP contribution in [0.3, 0.4) is 0 Å². The van der Waals surface area contributed by atoms with E-state index < -0.39 is 5.82 Å². The molecule has 4 rings (SSSR count). The molecule has 1 N–H and O–H groups in total. The Kier molecular flexibility index (Phi) is 5.24. The van der Waals surface area contributed by atoms with Gasteiger partial charge in [-0.2, -0.15) is 0 Å². The van der Waals surface area contributed by atoms with Crippen molar-refractivity contribution in [3.8, 4) is 5.88 Å². The molecule has 30 heavy (non-hydrogen) atoms. The molecule has 1 unspecified atom stereocenters. The molecule has 2 aromatic rings. The maximum Gasteiger partial charge on any atom is 0.266 e. The molecular weight excluding hydrogens is 387 g/mol. The number of nitrogens with one attached hydrogen (secondary N) is 1. The van der Waals surface area contributed by atoms with Gasteiger partial charge in [-0.3, -0.25) is 9.59 Å². The second kappa shape index (κ2) is 7.85. The first kappa shape index (κ1) is 20.0. The summed E-state index contributed by atoms with van der Waals surface area (Å²) in [6.07, 6.45) is 10.7. The summed E-state index contributed by atoms with van der Waals surface area (Å²) in [5.41, 5.74) is -0.174. The molecule has 0 spiro atoms. The summed E-state index contributed by atoms with van der Waals surface area (Å²) in [6, 6.07) is 4.46. The summed E-state index contributed by atoms with van der Waals surface area (Å²) in [5, 5.41) is 6.91. The zero-order valence-corrected chi connectivity index (χ0v) is 16.8. The number of halogens is 1. The van der Waals surface area contributed by atoms with Crippen molar-refractivity contribution >= 4 is 11.7 Å². The summed E-state index contributed by atoms with van der Waals surface area (Å²) in [6.45, 7) is 1.93. The number of anilines is 1. The molecule has 0 radical (unpaired) electrons. The Morgan fingerprint density at radius 3 is 2.93 bits per heavy atom. The largest absolute Gasteiger partial charge is 0.476 e. The minimum atomic E-state index is -0.411. The molecule has 0 aromatic carbocycles. The second-order valence-corrected chi connectivity index (χ2v) is 7.88. The van der Waals surface area contributed by atoms with E-state index in [0.717, 1.165) is 12.6 Å². The highest BCUT2D eigenvalue weighted by atomic mass is 19.1. The van der Waals surface area contributed by atoms with E-state index in [1.807, 2.05) is 12.2 Å². The van der Waals surface area contributed by atoms with E-state index >= 15 is 0 Å². The van der Waals surface area contributed by atoms with E-state index in [0.29, 0.717) is 30.3 Å². The Morgan fingerprint density at radius 1 is 1.40 bits per heavy atom. The van der Waals surface area contributed by atoms with Crippen LogP contribution in [0.5, 0.6) is 5.88 Å². The van der Waals surface area contributed by atoms with Crippen LogP contribution in [0.1, 0.15) is 18.4 Å². The molecule has 7 nitrogen and oxygen atoms in total. The van der Waals surface area contributed by atoms with Crippen LogP contribution in [0, 0.1) is 30.0 Å². The SMILES string of the molecule is Cc1cc(NC(=O)[C@@H]2C[C@@]2(COc2ccc(=O)n(C)n2)C2C=CC=CC2)ncc1F. The standard InChI is InChI=1S/C22H23FN4O3/c1-14-10-18(24-12-17(14)23)25-21(29)16-11-22(16,15-6-4-3-5-7-15)13-30-19-8-9-20(28)27(2)26-19/h3-6,8-10,12,15-16H,7,11,13H2,1-2H3,(H,24,25,29)/t15?,16-,22+/m0/s1. The lowest BCUT2D eigenvalue weighted by Gasteiger charge is -2.26. The Bertz CT molecular complexity index is 1090. The van der Waals surface area contributed by atoms with Crippen LogP contribution in [-0.2, 0) is 11.8 Å². The summed E-state index contributed by atoms with van der Waals surface area (Å²) in [4.78, 5) is 28.4. The number of carbonyl (C=O) groups excluding carboxylic acids is 1. The molecule has 2 heterocycles. The van der Waals surface area contributed by atoms with Gasteiger partial charge in [-0.25, -0.2) is 14.1 Å². The van der Waals surface area contributed by atoms with Crippen LogP contribution < -0.4 is 15.6 Å². The van der Waals surface area contributed by atoms with Crippen molar-refractivity contribution in [2.75, 3.05) is 11.9 Å². The zero-order valence-electron chi connectivity index (χ0n) is 16.8. The third-order valence-corrected chi connectivity index (χ3v) is 5.88. The van der Waals surface area contributed by atoms with Crippen LogP contribution in [-0.4, -0.2) is 27.3 Å². The van der Waals surface area contributed by atoms with Crippen molar-refractivity contribution in [1.82, 2.24) is 14.8 Å². The molecule has 1 fully saturated rings. The first-order valence-electron chi connectivity index (χ1n) is 9.82. The number of pyridine rings is 1. The van der Waals surface area contributed by atoms with Crippen molar-refractivity contribution in [3.05, 3.63) is 70.4 Å². The fourth-order valence-electron chi connectivity index (χ4n) is 3.95. The van der Waals surface area contributed by atoms with Crippen molar-refractivity contribution in [1.29, 1.82) is 0 Å². The van der Waals surface area contributed by atoms with E-state index in [1.54, 1.807) is 14.0 Å². The van der Waals surface area contributed by atoms with Gasteiger partial charge in [0.2, 0.25) is 11.8 Å². The predicted molar refractivity (Wildman–Crippen MR) is 109 cm³/mol. The van der Waals surface area contributed by atoms with Crippen LogP contribution >= 0.6 is 0 Å².